The summed E-state index contributed by atoms with van der Waals surface area (Å²) in [5.74, 6) is 4.53. The number of rotatable bonds is 1. The van der Waals surface area contributed by atoms with Crippen LogP contribution in [0.1, 0.15) is 39.5 Å². The van der Waals surface area contributed by atoms with Gasteiger partial charge in [-0.3, -0.25) is 0 Å². The second-order valence-corrected chi connectivity index (χ2v) is 5.47. The fourth-order valence-electron chi connectivity index (χ4n) is 3.76. The maximum Gasteiger partial charge on any atom is -0.0264 e. The molecule has 0 radical (unpaired) electrons. The molecule has 3 aliphatic carbocycles. The van der Waals surface area contributed by atoms with E-state index in [1.807, 2.05) is 0 Å². The number of fused-ring (bicyclic) bond motifs is 1. The zero-order valence-electron chi connectivity index (χ0n) is 7.64. The van der Waals surface area contributed by atoms with Crippen LogP contribution in [0.3, 0.4) is 0 Å². The lowest BCUT2D eigenvalue weighted by molar-refractivity contribution is 0.227. The average Bonchev–Trinajstić information content (AvgIpc) is 2.81. The molecule has 62 valence electrons. The molecule has 5 unspecified atom stereocenters. The Bertz CT molecular complexity index is 196. The molecule has 0 spiro atoms. The molecule has 0 aliphatic heterocycles. The first-order valence-corrected chi connectivity index (χ1v) is 5.22. The van der Waals surface area contributed by atoms with E-state index in [2.05, 4.69) is 13.8 Å². The third-order valence-electron chi connectivity index (χ3n) is 4.78. The Hall–Kier alpha value is 0. The summed E-state index contributed by atoms with van der Waals surface area (Å²) < 4.78 is 0. The van der Waals surface area contributed by atoms with Gasteiger partial charge in [0.1, 0.15) is 0 Å². The van der Waals surface area contributed by atoms with Gasteiger partial charge in [-0.2, -0.15) is 0 Å². The van der Waals surface area contributed by atoms with E-state index in [-0.39, 0.29) is 0 Å². The van der Waals surface area contributed by atoms with E-state index >= 15 is 0 Å². The van der Waals surface area contributed by atoms with Crippen molar-refractivity contribution in [2.24, 2.45) is 29.1 Å². The van der Waals surface area contributed by atoms with E-state index in [4.69, 9.17) is 0 Å². The van der Waals surface area contributed by atoms with Gasteiger partial charge in [0, 0.05) is 0 Å². The van der Waals surface area contributed by atoms with Crippen molar-refractivity contribution in [3.63, 3.8) is 0 Å². The van der Waals surface area contributed by atoms with E-state index < -0.39 is 0 Å². The Labute approximate surface area is 69.4 Å². The zero-order chi connectivity index (χ0) is 7.64. The van der Waals surface area contributed by atoms with E-state index in [0.29, 0.717) is 0 Å². The van der Waals surface area contributed by atoms with E-state index in [0.717, 1.165) is 23.2 Å². The standard InChI is InChI=1S/C11H18/c1-7-5-9(7)11(2)4-3-8-6-10(8)11/h7-10H,3-6H2,1-2H3. The SMILES string of the molecule is CC1CC1C1(C)CCC2CC21. The molecule has 5 atom stereocenters. The molecule has 0 nitrogen and oxygen atoms in total. The van der Waals surface area contributed by atoms with Crippen LogP contribution in [-0.2, 0) is 0 Å². The summed E-state index contributed by atoms with van der Waals surface area (Å²) in [4.78, 5) is 0. The van der Waals surface area contributed by atoms with Crippen molar-refractivity contribution in [2.45, 2.75) is 39.5 Å². The van der Waals surface area contributed by atoms with Gasteiger partial charge >= 0.3 is 0 Å². The van der Waals surface area contributed by atoms with E-state index in [1.165, 1.54) is 5.92 Å². The van der Waals surface area contributed by atoms with Crippen molar-refractivity contribution >= 4 is 0 Å². The first kappa shape index (κ1) is 6.51. The molecule has 0 bridgehead atoms. The normalized spacial score (nSPS) is 66.0. The summed E-state index contributed by atoms with van der Waals surface area (Å²) in [7, 11) is 0. The summed E-state index contributed by atoms with van der Waals surface area (Å²) in [6.07, 6.45) is 6.24. The number of hydrogen-bond acceptors (Lipinski definition) is 0. The highest BCUT2D eigenvalue weighted by Gasteiger charge is 2.62. The predicted molar refractivity (Wildman–Crippen MR) is 46.2 cm³/mol. The molecule has 0 heterocycles. The van der Waals surface area contributed by atoms with Crippen LogP contribution in [0.15, 0.2) is 0 Å². The van der Waals surface area contributed by atoms with Gasteiger partial charge in [0.2, 0.25) is 0 Å². The van der Waals surface area contributed by atoms with Crippen molar-refractivity contribution in [1.29, 1.82) is 0 Å². The van der Waals surface area contributed by atoms with Gasteiger partial charge in [-0.05, 0) is 54.8 Å². The molecule has 0 heteroatoms. The summed E-state index contributed by atoms with van der Waals surface area (Å²) in [5, 5.41) is 0. The van der Waals surface area contributed by atoms with Gasteiger partial charge in [-0.25, -0.2) is 0 Å². The van der Waals surface area contributed by atoms with Crippen LogP contribution in [0, 0.1) is 29.1 Å². The highest BCUT2D eigenvalue weighted by molar-refractivity contribution is 5.11. The average molecular weight is 150 g/mol. The molecule has 0 amide bonds. The van der Waals surface area contributed by atoms with Crippen molar-refractivity contribution in [3.8, 4) is 0 Å². The van der Waals surface area contributed by atoms with E-state index in [9.17, 15) is 0 Å². The minimum atomic E-state index is 0.810. The minimum absolute atomic E-state index is 0.810. The Kier molecular flexibility index (Phi) is 0.990. The predicted octanol–water partition coefficient (Wildman–Crippen LogP) is 3.08. The molecule has 0 N–H and O–H groups in total. The van der Waals surface area contributed by atoms with Gasteiger partial charge in [-0.15, -0.1) is 0 Å². The molecule has 0 aromatic carbocycles. The quantitative estimate of drug-likeness (QED) is 0.539. The lowest BCUT2D eigenvalue weighted by Gasteiger charge is -2.26. The molecular formula is C11H18. The highest BCUT2D eigenvalue weighted by Crippen LogP contribution is 2.70. The summed E-state index contributed by atoms with van der Waals surface area (Å²) in [5.41, 5.74) is 0.810. The molecule has 3 rings (SSSR count). The molecule has 3 fully saturated rings. The molecular weight excluding hydrogens is 132 g/mol. The monoisotopic (exact) mass is 150 g/mol. The molecule has 0 aromatic rings. The van der Waals surface area contributed by atoms with Gasteiger partial charge < -0.3 is 0 Å². The second kappa shape index (κ2) is 1.67. The van der Waals surface area contributed by atoms with Crippen LogP contribution < -0.4 is 0 Å². The zero-order valence-corrected chi connectivity index (χ0v) is 7.64. The Morgan fingerprint density at radius 3 is 2.27 bits per heavy atom. The van der Waals surface area contributed by atoms with E-state index in [1.54, 1.807) is 25.7 Å². The summed E-state index contributed by atoms with van der Waals surface area (Å²) >= 11 is 0. The Balaban J connectivity index is 1.83. The van der Waals surface area contributed by atoms with Gasteiger partial charge in [0.15, 0.2) is 0 Å². The summed E-state index contributed by atoms with van der Waals surface area (Å²) in [6, 6.07) is 0. The Morgan fingerprint density at radius 2 is 1.91 bits per heavy atom. The fourth-order valence-corrected chi connectivity index (χ4v) is 3.76. The van der Waals surface area contributed by atoms with Crippen molar-refractivity contribution < 1.29 is 0 Å². The third kappa shape index (κ3) is 0.711. The lowest BCUT2D eigenvalue weighted by Crippen LogP contribution is -2.19. The van der Waals surface area contributed by atoms with Crippen molar-refractivity contribution in [2.75, 3.05) is 0 Å². The minimum Gasteiger partial charge on any atom is -0.0622 e. The van der Waals surface area contributed by atoms with Crippen LogP contribution in [0.5, 0.6) is 0 Å². The van der Waals surface area contributed by atoms with Crippen LogP contribution in [0.2, 0.25) is 0 Å². The van der Waals surface area contributed by atoms with Gasteiger partial charge in [0.05, 0.1) is 0 Å². The van der Waals surface area contributed by atoms with Crippen LogP contribution in [0.25, 0.3) is 0 Å². The molecule has 0 aromatic heterocycles. The topological polar surface area (TPSA) is 0 Å². The van der Waals surface area contributed by atoms with Gasteiger partial charge in [-0.1, -0.05) is 13.8 Å². The third-order valence-corrected chi connectivity index (χ3v) is 4.78. The maximum absolute atomic E-state index is 2.57. The highest BCUT2D eigenvalue weighted by atomic mass is 14.7. The largest absolute Gasteiger partial charge is 0.0622 e. The van der Waals surface area contributed by atoms with Crippen LogP contribution in [0.4, 0.5) is 0 Å². The fraction of sp³-hybridized carbons (Fsp3) is 1.00. The summed E-state index contributed by atoms with van der Waals surface area (Å²) in [6.45, 7) is 5.00. The maximum atomic E-state index is 2.57. The number of hydrogen-bond donors (Lipinski definition) is 0. The molecule has 3 aliphatic rings. The Morgan fingerprint density at radius 1 is 1.18 bits per heavy atom. The van der Waals surface area contributed by atoms with Gasteiger partial charge in [0.25, 0.3) is 0 Å². The molecule has 3 saturated carbocycles. The molecule has 0 saturated heterocycles. The molecule has 11 heavy (non-hydrogen) atoms. The van der Waals surface area contributed by atoms with Crippen molar-refractivity contribution in [3.05, 3.63) is 0 Å². The van der Waals surface area contributed by atoms with Crippen LogP contribution in [-0.4, -0.2) is 0 Å². The lowest BCUT2D eigenvalue weighted by atomic mass is 9.79. The smallest absolute Gasteiger partial charge is 0.0264 e. The first-order chi connectivity index (χ1) is 5.22. The second-order valence-electron chi connectivity index (χ2n) is 5.47. The van der Waals surface area contributed by atoms with Crippen LogP contribution >= 0.6 is 0 Å². The first-order valence-electron chi connectivity index (χ1n) is 5.22. The van der Waals surface area contributed by atoms with Crippen molar-refractivity contribution in [1.82, 2.24) is 0 Å².